The minimum atomic E-state index is -4.43. The predicted octanol–water partition coefficient (Wildman–Crippen LogP) is 4.29. The highest BCUT2D eigenvalue weighted by molar-refractivity contribution is 5.96. The molecule has 1 aliphatic rings. The van der Waals surface area contributed by atoms with Crippen molar-refractivity contribution >= 4 is 11.6 Å². The molecule has 1 aliphatic heterocycles. The van der Waals surface area contributed by atoms with Crippen molar-refractivity contribution in [3.8, 4) is 22.9 Å². The van der Waals surface area contributed by atoms with Crippen LogP contribution in [0.25, 0.3) is 11.4 Å². The standard InChI is InChI=1S/C21H18F3N3O4/c1-29-16-8-3-12(9-17(16)30-2)19-25-20(31-26-19)13-10-18(28)27(11-13)15-6-4-14(5-7-15)21(22,23)24/h3-9,13H,10-11H2,1-2H3. The second-order valence-electron chi connectivity index (χ2n) is 6.98. The van der Waals surface area contributed by atoms with Gasteiger partial charge in [-0.2, -0.15) is 18.2 Å². The van der Waals surface area contributed by atoms with Crippen molar-refractivity contribution in [2.24, 2.45) is 0 Å². The molecular formula is C21H18F3N3O4. The molecule has 162 valence electrons. The van der Waals surface area contributed by atoms with E-state index in [-0.39, 0.29) is 30.7 Å². The number of carbonyl (C=O) groups is 1. The van der Waals surface area contributed by atoms with Crippen LogP contribution < -0.4 is 14.4 Å². The van der Waals surface area contributed by atoms with Crippen molar-refractivity contribution in [2.75, 3.05) is 25.7 Å². The number of amides is 1. The minimum absolute atomic E-state index is 0.120. The number of aromatic nitrogens is 2. The molecule has 0 spiro atoms. The molecule has 0 aliphatic carbocycles. The third-order valence-corrected chi connectivity index (χ3v) is 5.06. The zero-order valence-corrected chi connectivity index (χ0v) is 16.6. The van der Waals surface area contributed by atoms with Gasteiger partial charge in [0.25, 0.3) is 0 Å². The van der Waals surface area contributed by atoms with Gasteiger partial charge in [-0.25, -0.2) is 0 Å². The van der Waals surface area contributed by atoms with E-state index in [1.54, 1.807) is 18.2 Å². The summed E-state index contributed by atoms with van der Waals surface area (Å²) in [6.07, 6.45) is -4.31. The van der Waals surface area contributed by atoms with Gasteiger partial charge in [-0.3, -0.25) is 4.79 Å². The lowest BCUT2D eigenvalue weighted by Gasteiger charge is -2.17. The van der Waals surface area contributed by atoms with Crippen molar-refractivity contribution in [3.05, 3.63) is 53.9 Å². The molecule has 1 fully saturated rings. The van der Waals surface area contributed by atoms with E-state index >= 15 is 0 Å². The average Bonchev–Trinajstić information content (AvgIpc) is 3.39. The number of anilines is 1. The lowest BCUT2D eigenvalue weighted by Crippen LogP contribution is -2.24. The molecule has 31 heavy (non-hydrogen) atoms. The number of hydrogen-bond acceptors (Lipinski definition) is 6. The number of benzene rings is 2. The van der Waals surface area contributed by atoms with Crippen molar-refractivity contribution < 1.29 is 32.0 Å². The fourth-order valence-electron chi connectivity index (χ4n) is 3.45. The van der Waals surface area contributed by atoms with E-state index in [9.17, 15) is 18.0 Å². The fraction of sp³-hybridized carbons (Fsp3) is 0.286. The normalized spacial score (nSPS) is 16.6. The molecule has 2 heterocycles. The van der Waals surface area contributed by atoms with E-state index in [2.05, 4.69) is 10.1 Å². The monoisotopic (exact) mass is 433 g/mol. The van der Waals surface area contributed by atoms with E-state index in [4.69, 9.17) is 14.0 Å². The Labute approximate surface area is 175 Å². The van der Waals surface area contributed by atoms with Gasteiger partial charge < -0.3 is 18.9 Å². The van der Waals surface area contributed by atoms with Crippen molar-refractivity contribution in [2.45, 2.75) is 18.5 Å². The molecule has 2 aromatic carbocycles. The number of alkyl halides is 3. The third-order valence-electron chi connectivity index (χ3n) is 5.06. The maximum Gasteiger partial charge on any atom is 0.416 e. The minimum Gasteiger partial charge on any atom is -0.493 e. The molecule has 7 nitrogen and oxygen atoms in total. The van der Waals surface area contributed by atoms with Crippen LogP contribution in [0.2, 0.25) is 0 Å². The zero-order valence-electron chi connectivity index (χ0n) is 16.6. The molecule has 0 bridgehead atoms. The number of hydrogen-bond donors (Lipinski definition) is 0. The second-order valence-corrected chi connectivity index (χ2v) is 6.98. The van der Waals surface area contributed by atoms with Crippen LogP contribution in [0.5, 0.6) is 11.5 Å². The van der Waals surface area contributed by atoms with Gasteiger partial charge in [-0.05, 0) is 42.5 Å². The van der Waals surface area contributed by atoms with E-state index in [1.165, 1.54) is 31.3 Å². The number of nitrogens with zero attached hydrogens (tertiary/aromatic N) is 3. The van der Waals surface area contributed by atoms with E-state index < -0.39 is 11.7 Å². The molecule has 1 saturated heterocycles. The first-order chi connectivity index (χ1) is 14.8. The van der Waals surface area contributed by atoms with Crippen LogP contribution in [0, 0.1) is 0 Å². The number of halogens is 3. The molecule has 4 rings (SSSR count). The smallest absolute Gasteiger partial charge is 0.416 e. The summed E-state index contributed by atoms with van der Waals surface area (Å²) in [5, 5.41) is 3.99. The quantitative estimate of drug-likeness (QED) is 0.597. The van der Waals surface area contributed by atoms with Gasteiger partial charge in [0.1, 0.15) is 0 Å². The molecule has 0 radical (unpaired) electrons. The highest BCUT2D eigenvalue weighted by Gasteiger charge is 2.36. The highest BCUT2D eigenvalue weighted by Crippen LogP contribution is 2.35. The Bertz CT molecular complexity index is 1100. The van der Waals surface area contributed by atoms with E-state index in [0.717, 1.165) is 12.1 Å². The summed E-state index contributed by atoms with van der Waals surface area (Å²) in [7, 11) is 3.05. The van der Waals surface area contributed by atoms with Gasteiger partial charge in [-0.15, -0.1) is 0 Å². The summed E-state index contributed by atoms with van der Waals surface area (Å²) in [5.74, 6) is 1.09. The predicted molar refractivity (Wildman–Crippen MR) is 104 cm³/mol. The van der Waals surface area contributed by atoms with Gasteiger partial charge in [0.2, 0.25) is 17.6 Å². The maximum atomic E-state index is 12.8. The van der Waals surface area contributed by atoms with Crippen molar-refractivity contribution in [1.82, 2.24) is 10.1 Å². The molecule has 3 aromatic rings. The summed E-state index contributed by atoms with van der Waals surface area (Å²) >= 11 is 0. The molecule has 1 unspecified atom stereocenters. The van der Waals surface area contributed by atoms with Gasteiger partial charge in [0.05, 0.1) is 25.7 Å². The molecule has 1 amide bonds. The number of methoxy groups -OCH3 is 2. The van der Waals surface area contributed by atoms with Gasteiger partial charge >= 0.3 is 6.18 Å². The third kappa shape index (κ3) is 4.05. The summed E-state index contributed by atoms with van der Waals surface area (Å²) in [5.41, 5.74) is 0.271. The molecule has 1 aromatic heterocycles. The maximum absolute atomic E-state index is 12.8. The Kier molecular flexibility index (Phi) is 5.30. The number of ether oxygens (including phenoxy) is 2. The van der Waals surface area contributed by atoms with Gasteiger partial charge in [0.15, 0.2) is 11.5 Å². The molecule has 1 atom stereocenters. The van der Waals surface area contributed by atoms with Crippen LogP contribution in [0.4, 0.5) is 18.9 Å². The summed E-state index contributed by atoms with van der Waals surface area (Å²) in [6.45, 7) is 0.234. The first kappa shape index (κ1) is 20.7. The topological polar surface area (TPSA) is 77.7 Å². The van der Waals surface area contributed by atoms with Gasteiger partial charge in [0, 0.05) is 24.2 Å². The lowest BCUT2D eigenvalue weighted by molar-refractivity contribution is -0.137. The molecule has 0 saturated carbocycles. The Morgan fingerprint density at radius 1 is 1.06 bits per heavy atom. The van der Waals surface area contributed by atoms with Crippen LogP contribution in [0.15, 0.2) is 47.0 Å². The second kappa shape index (κ2) is 7.93. The fourth-order valence-corrected chi connectivity index (χ4v) is 3.45. The first-order valence-electron chi connectivity index (χ1n) is 9.33. The Hall–Kier alpha value is -3.56. The Morgan fingerprint density at radius 3 is 2.42 bits per heavy atom. The van der Waals surface area contributed by atoms with Crippen LogP contribution in [-0.4, -0.2) is 36.8 Å². The van der Waals surface area contributed by atoms with Crippen molar-refractivity contribution in [3.63, 3.8) is 0 Å². The van der Waals surface area contributed by atoms with E-state index in [1.807, 2.05) is 0 Å². The Balaban J connectivity index is 1.52. The first-order valence-corrected chi connectivity index (χ1v) is 9.33. The summed E-state index contributed by atoms with van der Waals surface area (Å²) < 4.78 is 54.2. The molecular weight excluding hydrogens is 415 g/mol. The van der Waals surface area contributed by atoms with Gasteiger partial charge in [-0.1, -0.05) is 5.16 Å². The summed E-state index contributed by atoms with van der Waals surface area (Å²) in [6, 6.07) is 9.66. The van der Waals surface area contributed by atoms with Crippen LogP contribution in [0.3, 0.4) is 0 Å². The Morgan fingerprint density at radius 2 is 1.77 bits per heavy atom. The SMILES string of the molecule is COc1ccc(-c2noc(C3CC(=O)N(c4ccc(C(F)(F)F)cc4)C3)n2)cc1OC. The van der Waals surface area contributed by atoms with Crippen LogP contribution >= 0.6 is 0 Å². The van der Waals surface area contributed by atoms with Crippen LogP contribution in [-0.2, 0) is 11.0 Å². The van der Waals surface area contributed by atoms with Crippen molar-refractivity contribution in [1.29, 1.82) is 0 Å². The number of rotatable bonds is 5. The highest BCUT2D eigenvalue weighted by atomic mass is 19.4. The number of carbonyl (C=O) groups excluding carboxylic acids is 1. The van der Waals surface area contributed by atoms with E-state index in [0.29, 0.717) is 28.6 Å². The zero-order chi connectivity index (χ0) is 22.2. The lowest BCUT2D eigenvalue weighted by atomic mass is 10.1. The largest absolute Gasteiger partial charge is 0.493 e. The summed E-state index contributed by atoms with van der Waals surface area (Å²) in [4.78, 5) is 18.3. The van der Waals surface area contributed by atoms with Crippen LogP contribution in [0.1, 0.15) is 23.8 Å². The average molecular weight is 433 g/mol. The molecule has 10 heteroatoms. The molecule has 0 N–H and O–H groups in total.